The van der Waals surface area contributed by atoms with E-state index in [4.69, 9.17) is 4.74 Å². The van der Waals surface area contributed by atoms with E-state index in [0.717, 1.165) is 12.1 Å². The Labute approximate surface area is 177 Å². The molecule has 1 amide bonds. The first kappa shape index (κ1) is 21.3. The first-order valence-corrected chi connectivity index (χ1v) is 10.1. The number of alkyl halides is 3. The van der Waals surface area contributed by atoms with Crippen LogP contribution in [0.5, 0.6) is 0 Å². The molecule has 166 valence electrons. The Kier molecular flexibility index (Phi) is 5.46. The van der Waals surface area contributed by atoms with Crippen LogP contribution in [0.3, 0.4) is 0 Å². The topological polar surface area (TPSA) is 92.3 Å². The standard InChI is InChI=1S/C20H23F3N6O2/c1-4-14-16-17(25-9-26-18(16)28-19(30)31-14)13-5-12(20(21,22)23)6-15(27-13)29-8-10(2)24-7-11(29)3/h5-6,9-11,14,24H,4,7-8H2,1-3H3,(H,25,26,28,30)/t10-,11+,14?/m0/s1. The van der Waals surface area contributed by atoms with Gasteiger partial charge in [0, 0.05) is 25.2 Å². The molecule has 2 N–H and O–H groups in total. The summed E-state index contributed by atoms with van der Waals surface area (Å²) in [4.78, 5) is 26.5. The van der Waals surface area contributed by atoms with Crippen LogP contribution in [-0.4, -0.2) is 46.2 Å². The molecule has 31 heavy (non-hydrogen) atoms. The summed E-state index contributed by atoms with van der Waals surface area (Å²) in [6.45, 7) is 6.87. The van der Waals surface area contributed by atoms with Crippen LogP contribution in [0, 0.1) is 0 Å². The van der Waals surface area contributed by atoms with Crippen molar-refractivity contribution in [3.63, 3.8) is 0 Å². The zero-order valence-electron chi connectivity index (χ0n) is 17.3. The number of hydrogen-bond acceptors (Lipinski definition) is 7. The average molecular weight is 436 g/mol. The van der Waals surface area contributed by atoms with Gasteiger partial charge in [0.2, 0.25) is 0 Å². The fourth-order valence-electron chi connectivity index (χ4n) is 3.89. The van der Waals surface area contributed by atoms with E-state index in [1.807, 2.05) is 18.7 Å². The van der Waals surface area contributed by atoms with Gasteiger partial charge in [-0.05, 0) is 32.4 Å². The Hall–Kier alpha value is -2.95. The summed E-state index contributed by atoms with van der Waals surface area (Å²) in [7, 11) is 0. The largest absolute Gasteiger partial charge is 0.441 e. The molecule has 2 aromatic rings. The minimum absolute atomic E-state index is 0.0367. The monoisotopic (exact) mass is 436 g/mol. The zero-order valence-corrected chi connectivity index (χ0v) is 17.3. The van der Waals surface area contributed by atoms with Gasteiger partial charge in [-0.2, -0.15) is 13.2 Å². The second-order valence-electron chi connectivity index (χ2n) is 7.82. The van der Waals surface area contributed by atoms with Crippen molar-refractivity contribution in [2.75, 3.05) is 23.3 Å². The van der Waals surface area contributed by atoms with Gasteiger partial charge in [0.25, 0.3) is 0 Å². The van der Waals surface area contributed by atoms with Crippen molar-refractivity contribution in [2.24, 2.45) is 0 Å². The van der Waals surface area contributed by atoms with Gasteiger partial charge < -0.3 is 15.0 Å². The van der Waals surface area contributed by atoms with E-state index >= 15 is 0 Å². The molecule has 8 nitrogen and oxygen atoms in total. The number of hydrogen-bond donors (Lipinski definition) is 2. The van der Waals surface area contributed by atoms with E-state index in [0.29, 0.717) is 25.1 Å². The molecule has 4 heterocycles. The molecule has 1 saturated heterocycles. The molecule has 2 aliphatic heterocycles. The van der Waals surface area contributed by atoms with Crippen molar-refractivity contribution in [2.45, 2.75) is 51.6 Å². The molecule has 2 aliphatic rings. The van der Waals surface area contributed by atoms with Crippen molar-refractivity contribution >= 4 is 17.7 Å². The summed E-state index contributed by atoms with van der Waals surface area (Å²) >= 11 is 0. The van der Waals surface area contributed by atoms with Gasteiger partial charge in [0.15, 0.2) is 0 Å². The van der Waals surface area contributed by atoms with Crippen LogP contribution >= 0.6 is 0 Å². The van der Waals surface area contributed by atoms with Crippen LogP contribution in [0.1, 0.15) is 44.4 Å². The fourth-order valence-corrected chi connectivity index (χ4v) is 3.89. The molecular formula is C20H23F3N6O2. The molecule has 11 heteroatoms. The summed E-state index contributed by atoms with van der Waals surface area (Å²) in [6.07, 6.45) is -4.29. The number of amides is 1. The first-order chi connectivity index (χ1) is 14.7. The van der Waals surface area contributed by atoms with Crippen LogP contribution in [0.15, 0.2) is 18.5 Å². The second kappa shape index (κ2) is 7.95. The highest BCUT2D eigenvalue weighted by atomic mass is 19.4. The molecule has 0 aromatic carbocycles. The molecule has 0 radical (unpaired) electrons. The van der Waals surface area contributed by atoms with E-state index in [-0.39, 0.29) is 35.1 Å². The number of rotatable bonds is 3. The van der Waals surface area contributed by atoms with Crippen LogP contribution in [0.25, 0.3) is 11.4 Å². The lowest BCUT2D eigenvalue weighted by atomic mass is 10.0. The number of aromatic nitrogens is 3. The Morgan fingerprint density at radius 2 is 2.03 bits per heavy atom. The summed E-state index contributed by atoms with van der Waals surface area (Å²) in [5.41, 5.74) is -0.128. The Bertz CT molecular complexity index is 999. The van der Waals surface area contributed by atoms with Gasteiger partial charge >= 0.3 is 12.3 Å². The molecule has 0 bridgehead atoms. The summed E-state index contributed by atoms with van der Waals surface area (Å²) in [5, 5.41) is 5.80. The van der Waals surface area contributed by atoms with Gasteiger partial charge in [-0.1, -0.05) is 6.92 Å². The van der Waals surface area contributed by atoms with E-state index in [1.54, 1.807) is 6.92 Å². The van der Waals surface area contributed by atoms with Crippen molar-refractivity contribution in [1.29, 1.82) is 0 Å². The minimum Gasteiger partial charge on any atom is -0.441 e. The SMILES string of the molecule is CCC1OC(=O)Nc2ncnc(-c3cc(C(F)(F)F)cc(N4C[C@H](C)NC[C@H]4C)n3)c21. The molecule has 3 atom stereocenters. The minimum atomic E-state index is -4.56. The van der Waals surface area contributed by atoms with Gasteiger partial charge in [-0.25, -0.2) is 19.7 Å². The number of fused-ring (bicyclic) bond motifs is 1. The van der Waals surface area contributed by atoms with Crippen LogP contribution in [0.4, 0.5) is 29.6 Å². The second-order valence-corrected chi connectivity index (χ2v) is 7.82. The van der Waals surface area contributed by atoms with Crippen LogP contribution in [-0.2, 0) is 10.9 Å². The number of carbonyl (C=O) groups is 1. The molecule has 0 spiro atoms. The van der Waals surface area contributed by atoms with E-state index in [2.05, 4.69) is 25.6 Å². The summed E-state index contributed by atoms with van der Waals surface area (Å²) in [5.74, 6) is 0.449. The Morgan fingerprint density at radius 3 is 2.74 bits per heavy atom. The van der Waals surface area contributed by atoms with Crippen LogP contribution in [0.2, 0.25) is 0 Å². The Morgan fingerprint density at radius 1 is 1.26 bits per heavy atom. The third-order valence-corrected chi connectivity index (χ3v) is 5.49. The van der Waals surface area contributed by atoms with Gasteiger partial charge in [0.05, 0.1) is 16.8 Å². The highest BCUT2D eigenvalue weighted by molar-refractivity contribution is 5.88. The molecule has 0 saturated carbocycles. The number of nitrogens with one attached hydrogen (secondary N) is 2. The molecule has 4 rings (SSSR count). The van der Waals surface area contributed by atoms with Crippen molar-refractivity contribution < 1.29 is 22.7 Å². The molecular weight excluding hydrogens is 413 g/mol. The third kappa shape index (κ3) is 4.14. The molecule has 1 fully saturated rings. The highest BCUT2D eigenvalue weighted by Gasteiger charge is 2.36. The zero-order chi connectivity index (χ0) is 22.3. The summed E-state index contributed by atoms with van der Waals surface area (Å²) in [6, 6.07) is 2.12. The number of piperazine rings is 1. The number of pyridine rings is 1. The highest BCUT2D eigenvalue weighted by Crippen LogP contribution is 2.40. The van der Waals surface area contributed by atoms with Crippen molar-refractivity contribution in [3.8, 4) is 11.4 Å². The van der Waals surface area contributed by atoms with Crippen molar-refractivity contribution in [3.05, 3.63) is 29.6 Å². The van der Waals surface area contributed by atoms with Gasteiger partial charge in [-0.15, -0.1) is 0 Å². The normalized spacial score (nSPS) is 23.7. The number of anilines is 2. The molecule has 1 unspecified atom stereocenters. The lowest BCUT2D eigenvalue weighted by Gasteiger charge is -2.38. The Balaban J connectivity index is 1.88. The molecule has 2 aromatic heterocycles. The fraction of sp³-hybridized carbons (Fsp3) is 0.500. The first-order valence-electron chi connectivity index (χ1n) is 10.1. The number of carbonyl (C=O) groups excluding carboxylic acids is 1. The number of cyclic esters (lactones) is 1. The third-order valence-electron chi connectivity index (χ3n) is 5.49. The van der Waals surface area contributed by atoms with Gasteiger partial charge in [0.1, 0.15) is 29.8 Å². The quantitative estimate of drug-likeness (QED) is 0.757. The number of halogens is 3. The van der Waals surface area contributed by atoms with E-state index in [9.17, 15) is 18.0 Å². The maximum absolute atomic E-state index is 13.8. The predicted molar refractivity (Wildman–Crippen MR) is 108 cm³/mol. The van der Waals surface area contributed by atoms with Gasteiger partial charge in [-0.3, -0.25) is 5.32 Å². The van der Waals surface area contributed by atoms with Crippen LogP contribution < -0.4 is 15.5 Å². The maximum Gasteiger partial charge on any atom is 0.416 e. The lowest BCUT2D eigenvalue weighted by Crippen LogP contribution is -2.54. The average Bonchev–Trinajstić information content (AvgIpc) is 2.73. The predicted octanol–water partition coefficient (Wildman–Crippen LogP) is 3.76. The maximum atomic E-state index is 13.8. The van der Waals surface area contributed by atoms with Crippen molar-refractivity contribution in [1.82, 2.24) is 20.3 Å². The smallest absolute Gasteiger partial charge is 0.416 e. The van der Waals surface area contributed by atoms with E-state index < -0.39 is 23.9 Å². The van der Waals surface area contributed by atoms with E-state index in [1.165, 1.54) is 6.33 Å². The number of ether oxygens (including phenoxy) is 1. The lowest BCUT2D eigenvalue weighted by molar-refractivity contribution is -0.137. The summed E-state index contributed by atoms with van der Waals surface area (Å²) < 4.78 is 46.6. The number of nitrogens with zero attached hydrogens (tertiary/aromatic N) is 4. The molecule has 0 aliphatic carbocycles.